The summed E-state index contributed by atoms with van der Waals surface area (Å²) >= 11 is 0. The van der Waals surface area contributed by atoms with E-state index in [1.807, 2.05) is 0 Å². The molecule has 0 aromatic rings. The summed E-state index contributed by atoms with van der Waals surface area (Å²) in [5.74, 6) is 5.01. The van der Waals surface area contributed by atoms with Crippen molar-refractivity contribution in [2.45, 2.75) is 27.7 Å². The molecule has 4 atom stereocenters. The number of rotatable bonds is 2. The van der Waals surface area contributed by atoms with Gasteiger partial charge < -0.3 is 4.90 Å². The Balaban J connectivity index is 1.84. The number of nitrogens with zero attached hydrogens (tertiary/aromatic N) is 1. The minimum Gasteiger partial charge on any atom is -0.303 e. The van der Waals surface area contributed by atoms with Crippen LogP contribution in [0.25, 0.3) is 0 Å². The van der Waals surface area contributed by atoms with E-state index >= 15 is 0 Å². The Morgan fingerprint density at radius 2 is 1.54 bits per heavy atom. The van der Waals surface area contributed by atoms with Gasteiger partial charge in [0.2, 0.25) is 0 Å². The zero-order chi connectivity index (χ0) is 9.59. The van der Waals surface area contributed by atoms with E-state index in [0.717, 1.165) is 29.6 Å². The molecule has 13 heavy (non-hydrogen) atoms. The Bertz CT molecular complexity index is 174. The molecule has 0 N–H and O–H groups in total. The topological polar surface area (TPSA) is 3.24 Å². The lowest BCUT2D eigenvalue weighted by Gasteiger charge is -2.56. The van der Waals surface area contributed by atoms with Gasteiger partial charge in [-0.25, -0.2) is 0 Å². The van der Waals surface area contributed by atoms with Crippen LogP contribution in [0.2, 0.25) is 0 Å². The van der Waals surface area contributed by atoms with Gasteiger partial charge in [-0.05, 0) is 36.1 Å². The Labute approximate surface area is 82.5 Å². The van der Waals surface area contributed by atoms with E-state index in [1.54, 1.807) is 0 Å². The summed E-state index contributed by atoms with van der Waals surface area (Å²) in [4.78, 5) is 2.56. The van der Waals surface area contributed by atoms with Crippen molar-refractivity contribution < 1.29 is 0 Å². The highest BCUT2D eigenvalue weighted by atomic mass is 15.2. The molecule has 1 saturated carbocycles. The Hall–Kier alpha value is -0.0400. The summed E-state index contributed by atoms with van der Waals surface area (Å²) in [6.45, 7) is 13.6. The predicted molar refractivity (Wildman–Crippen MR) is 56.6 cm³/mol. The second-order valence-electron chi connectivity index (χ2n) is 5.27. The molecule has 1 nitrogen and oxygen atoms in total. The summed E-state index contributed by atoms with van der Waals surface area (Å²) in [7, 11) is 0. The highest BCUT2D eigenvalue weighted by Gasteiger charge is 2.48. The quantitative estimate of drug-likeness (QED) is 0.632. The highest BCUT2D eigenvalue weighted by molar-refractivity contribution is 4.98. The van der Waals surface area contributed by atoms with Gasteiger partial charge in [0, 0.05) is 13.1 Å². The van der Waals surface area contributed by atoms with Gasteiger partial charge in [-0.3, -0.25) is 0 Å². The van der Waals surface area contributed by atoms with Gasteiger partial charge in [0.15, 0.2) is 0 Å². The van der Waals surface area contributed by atoms with Crippen LogP contribution in [0.3, 0.4) is 0 Å². The first-order chi connectivity index (χ1) is 6.15. The van der Waals surface area contributed by atoms with Crippen LogP contribution in [0.15, 0.2) is 0 Å². The first kappa shape index (κ1) is 9.51. The monoisotopic (exact) mass is 181 g/mol. The van der Waals surface area contributed by atoms with E-state index in [9.17, 15) is 0 Å². The molecule has 0 spiro atoms. The zero-order valence-corrected chi connectivity index (χ0v) is 9.46. The van der Waals surface area contributed by atoms with Gasteiger partial charge in [0.25, 0.3) is 0 Å². The van der Waals surface area contributed by atoms with Crippen LogP contribution in [0.4, 0.5) is 0 Å². The van der Waals surface area contributed by atoms with Gasteiger partial charge in [-0.15, -0.1) is 0 Å². The average Bonchev–Trinajstić information content (AvgIpc) is 2.08. The third kappa shape index (κ3) is 1.32. The molecule has 1 heteroatoms. The molecule has 2 rings (SSSR count). The Morgan fingerprint density at radius 3 is 2.00 bits per heavy atom. The van der Waals surface area contributed by atoms with Crippen LogP contribution in [0.1, 0.15) is 27.7 Å². The van der Waals surface area contributed by atoms with Crippen molar-refractivity contribution in [3.05, 3.63) is 0 Å². The molecule has 1 saturated heterocycles. The van der Waals surface area contributed by atoms with E-state index in [2.05, 4.69) is 32.6 Å². The molecule has 76 valence electrons. The molecule has 3 unspecified atom stereocenters. The Morgan fingerprint density at radius 1 is 1.00 bits per heavy atom. The van der Waals surface area contributed by atoms with Crippen molar-refractivity contribution in [3.63, 3.8) is 0 Å². The summed E-state index contributed by atoms with van der Waals surface area (Å²) in [6.07, 6.45) is 0. The molecule has 1 heterocycles. The van der Waals surface area contributed by atoms with Crippen molar-refractivity contribution in [1.29, 1.82) is 0 Å². The van der Waals surface area contributed by atoms with Crippen molar-refractivity contribution in [2.75, 3.05) is 19.6 Å². The van der Waals surface area contributed by atoms with Gasteiger partial charge >= 0.3 is 0 Å². The average molecular weight is 181 g/mol. The molecule has 1 aliphatic heterocycles. The van der Waals surface area contributed by atoms with Crippen LogP contribution in [0, 0.1) is 29.6 Å². The van der Waals surface area contributed by atoms with Crippen LogP contribution in [-0.4, -0.2) is 24.5 Å². The minimum atomic E-state index is 0.973. The van der Waals surface area contributed by atoms with E-state index in [0.29, 0.717) is 0 Å². The predicted octanol–water partition coefficient (Wildman–Crippen LogP) is 2.48. The molecule has 0 amide bonds. The summed E-state index contributed by atoms with van der Waals surface area (Å²) < 4.78 is 0. The first-order valence-electron chi connectivity index (χ1n) is 5.87. The van der Waals surface area contributed by atoms with Gasteiger partial charge in [-0.1, -0.05) is 27.7 Å². The second kappa shape index (κ2) is 3.27. The number of hydrogen-bond donors (Lipinski definition) is 0. The van der Waals surface area contributed by atoms with Crippen molar-refractivity contribution in [3.8, 4) is 0 Å². The fourth-order valence-electron chi connectivity index (χ4n) is 3.48. The van der Waals surface area contributed by atoms with E-state index in [-0.39, 0.29) is 0 Å². The first-order valence-corrected chi connectivity index (χ1v) is 5.87. The van der Waals surface area contributed by atoms with Crippen LogP contribution < -0.4 is 0 Å². The van der Waals surface area contributed by atoms with Crippen molar-refractivity contribution in [1.82, 2.24) is 4.90 Å². The van der Waals surface area contributed by atoms with Crippen LogP contribution >= 0.6 is 0 Å². The number of hydrogen-bond acceptors (Lipinski definition) is 1. The summed E-state index contributed by atoms with van der Waals surface area (Å²) in [5.41, 5.74) is 0. The molecule has 0 aromatic heterocycles. The molecule has 0 bridgehead atoms. The molecular formula is C12H23N. The molecule has 0 radical (unpaired) electrons. The zero-order valence-electron chi connectivity index (χ0n) is 9.46. The van der Waals surface area contributed by atoms with E-state index < -0.39 is 0 Å². The minimum absolute atomic E-state index is 0.973. The maximum absolute atomic E-state index is 2.56. The third-order valence-electron chi connectivity index (χ3n) is 4.85. The van der Waals surface area contributed by atoms with Gasteiger partial charge in [-0.2, -0.15) is 0 Å². The molecule has 2 aliphatic rings. The largest absolute Gasteiger partial charge is 0.303 e. The smallest absolute Gasteiger partial charge is 0.00248 e. The lowest BCUT2D eigenvalue weighted by atomic mass is 9.53. The number of likely N-dealkylation sites (tertiary alicyclic amines) is 1. The SMILES string of the molecule is CCN1CC(C2C(C)C(C)[C@@H]2C)C1. The molecule has 0 aromatic carbocycles. The third-order valence-corrected chi connectivity index (χ3v) is 4.85. The second-order valence-corrected chi connectivity index (χ2v) is 5.27. The van der Waals surface area contributed by atoms with Crippen LogP contribution in [0.5, 0.6) is 0 Å². The summed E-state index contributed by atoms with van der Waals surface area (Å²) in [5, 5.41) is 0. The van der Waals surface area contributed by atoms with E-state index in [1.165, 1.54) is 19.6 Å². The maximum Gasteiger partial charge on any atom is 0.00248 e. The van der Waals surface area contributed by atoms with E-state index in [4.69, 9.17) is 0 Å². The molecule has 2 fully saturated rings. The van der Waals surface area contributed by atoms with Crippen LogP contribution in [-0.2, 0) is 0 Å². The van der Waals surface area contributed by atoms with Gasteiger partial charge in [0.05, 0.1) is 0 Å². The lowest BCUT2D eigenvalue weighted by Crippen LogP contribution is -2.58. The lowest BCUT2D eigenvalue weighted by molar-refractivity contribution is -0.0817. The van der Waals surface area contributed by atoms with Crippen molar-refractivity contribution in [2.24, 2.45) is 29.6 Å². The molecular weight excluding hydrogens is 158 g/mol. The van der Waals surface area contributed by atoms with Gasteiger partial charge in [0.1, 0.15) is 0 Å². The fourth-order valence-corrected chi connectivity index (χ4v) is 3.48. The Kier molecular flexibility index (Phi) is 2.39. The highest BCUT2D eigenvalue weighted by Crippen LogP contribution is 2.51. The molecule has 1 aliphatic carbocycles. The maximum atomic E-state index is 2.56. The summed E-state index contributed by atoms with van der Waals surface area (Å²) in [6, 6.07) is 0. The fraction of sp³-hybridized carbons (Fsp3) is 1.00. The standard InChI is InChI=1S/C12H23N/c1-5-13-6-11(7-13)12-9(3)8(2)10(12)4/h8-12H,5-7H2,1-4H3/t8?,9-,10?,12?/m0/s1. The normalized spacial score (nSPS) is 47.1. The van der Waals surface area contributed by atoms with Crippen molar-refractivity contribution >= 4 is 0 Å².